The van der Waals surface area contributed by atoms with Gasteiger partial charge in [0.15, 0.2) is 0 Å². The van der Waals surface area contributed by atoms with Gasteiger partial charge in [0.2, 0.25) is 0 Å². The van der Waals surface area contributed by atoms with Crippen molar-refractivity contribution in [3.8, 4) is 5.75 Å². The lowest BCUT2D eigenvalue weighted by Gasteiger charge is -2.09. The molecule has 0 amide bonds. The molecule has 3 heteroatoms. The third-order valence-electron chi connectivity index (χ3n) is 2.89. The average molecular weight is 285 g/mol. The van der Waals surface area contributed by atoms with Gasteiger partial charge in [-0.15, -0.1) is 0 Å². The van der Waals surface area contributed by atoms with Gasteiger partial charge < -0.3 is 9.84 Å². The number of rotatable bonds is 4. The Labute approximate surface area is 105 Å². The minimum Gasteiger partial charge on any atom is -0.493 e. The fourth-order valence-corrected chi connectivity index (χ4v) is 2.67. The second kappa shape index (κ2) is 5.19. The zero-order valence-electron chi connectivity index (χ0n) is 9.50. The number of fused-ring (bicyclic) bond motifs is 1. The van der Waals surface area contributed by atoms with Gasteiger partial charge in [0.1, 0.15) is 5.75 Å². The van der Waals surface area contributed by atoms with Gasteiger partial charge >= 0.3 is 0 Å². The maximum atomic E-state index is 9.24. The number of aliphatic hydroxyl groups excluding tert-OH is 1. The molecule has 0 radical (unpaired) electrons. The summed E-state index contributed by atoms with van der Waals surface area (Å²) in [6.07, 6.45) is 3.64. The number of aliphatic hydroxyl groups is 1. The van der Waals surface area contributed by atoms with Crippen LogP contribution in [0, 0.1) is 0 Å². The normalized spacial score (nSPS) is 15.7. The molecular weight excluding hydrogens is 268 g/mol. The highest BCUT2D eigenvalue weighted by Crippen LogP contribution is 2.33. The number of halogens is 1. The molecular formula is C13H17BrO2. The first kappa shape index (κ1) is 11.9. The SMILES string of the molecule is CC(O)CCCc1cc(Br)cc2c1OCC2. The fraction of sp³-hybridized carbons (Fsp3) is 0.538. The predicted octanol–water partition coefficient (Wildman–Crippen LogP) is 3.09. The third kappa shape index (κ3) is 2.77. The minimum atomic E-state index is -0.207. The van der Waals surface area contributed by atoms with Gasteiger partial charge in [-0.1, -0.05) is 15.9 Å². The second-order valence-corrected chi connectivity index (χ2v) is 5.31. The summed E-state index contributed by atoms with van der Waals surface area (Å²) in [5.74, 6) is 1.08. The van der Waals surface area contributed by atoms with E-state index in [1.807, 2.05) is 6.92 Å². The molecule has 0 spiro atoms. The summed E-state index contributed by atoms with van der Waals surface area (Å²) in [5.41, 5.74) is 2.57. The summed E-state index contributed by atoms with van der Waals surface area (Å²) < 4.78 is 6.79. The molecule has 0 aliphatic carbocycles. The molecule has 0 bridgehead atoms. The van der Waals surface area contributed by atoms with E-state index < -0.39 is 0 Å². The van der Waals surface area contributed by atoms with Crippen LogP contribution in [0.3, 0.4) is 0 Å². The van der Waals surface area contributed by atoms with Crippen LogP contribution in [-0.2, 0) is 12.8 Å². The van der Waals surface area contributed by atoms with Crippen molar-refractivity contribution in [1.82, 2.24) is 0 Å². The van der Waals surface area contributed by atoms with E-state index in [1.165, 1.54) is 11.1 Å². The molecule has 1 unspecified atom stereocenters. The first-order valence-electron chi connectivity index (χ1n) is 5.79. The Kier molecular flexibility index (Phi) is 3.87. The highest BCUT2D eigenvalue weighted by Gasteiger charge is 2.17. The van der Waals surface area contributed by atoms with Crippen LogP contribution in [0.1, 0.15) is 30.9 Å². The lowest BCUT2D eigenvalue weighted by molar-refractivity contribution is 0.181. The van der Waals surface area contributed by atoms with E-state index in [9.17, 15) is 5.11 Å². The summed E-state index contributed by atoms with van der Waals surface area (Å²) in [6, 6.07) is 4.27. The van der Waals surface area contributed by atoms with E-state index in [0.29, 0.717) is 0 Å². The highest BCUT2D eigenvalue weighted by atomic mass is 79.9. The van der Waals surface area contributed by atoms with Gasteiger partial charge in [0, 0.05) is 10.9 Å². The molecule has 1 atom stereocenters. The van der Waals surface area contributed by atoms with Crippen LogP contribution >= 0.6 is 15.9 Å². The summed E-state index contributed by atoms with van der Waals surface area (Å²) in [5, 5.41) is 9.24. The summed E-state index contributed by atoms with van der Waals surface area (Å²) in [6.45, 7) is 2.64. The van der Waals surface area contributed by atoms with E-state index in [2.05, 4.69) is 28.1 Å². The second-order valence-electron chi connectivity index (χ2n) is 4.39. The number of ether oxygens (including phenoxy) is 1. The van der Waals surface area contributed by atoms with Gasteiger partial charge in [-0.3, -0.25) is 0 Å². The van der Waals surface area contributed by atoms with Crippen LogP contribution in [0.4, 0.5) is 0 Å². The van der Waals surface area contributed by atoms with E-state index in [4.69, 9.17) is 4.74 Å². The Morgan fingerprint density at radius 1 is 1.50 bits per heavy atom. The van der Waals surface area contributed by atoms with Crippen molar-refractivity contribution in [2.75, 3.05) is 6.61 Å². The van der Waals surface area contributed by atoms with Crippen molar-refractivity contribution in [3.63, 3.8) is 0 Å². The third-order valence-corrected chi connectivity index (χ3v) is 3.35. The van der Waals surface area contributed by atoms with E-state index in [1.54, 1.807) is 0 Å². The van der Waals surface area contributed by atoms with Crippen molar-refractivity contribution in [1.29, 1.82) is 0 Å². The van der Waals surface area contributed by atoms with Crippen LogP contribution in [-0.4, -0.2) is 17.8 Å². The monoisotopic (exact) mass is 284 g/mol. The Balaban J connectivity index is 2.08. The van der Waals surface area contributed by atoms with Gasteiger partial charge in [-0.25, -0.2) is 0 Å². The molecule has 2 nitrogen and oxygen atoms in total. The Hall–Kier alpha value is -0.540. The molecule has 2 rings (SSSR count). The largest absolute Gasteiger partial charge is 0.493 e. The molecule has 0 fully saturated rings. The molecule has 0 saturated carbocycles. The minimum absolute atomic E-state index is 0.207. The smallest absolute Gasteiger partial charge is 0.125 e. The topological polar surface area (TPSA) is 29.5 Å². The number of hydrogen-bond acceptors (Lipinski definition) is 2. The summed E-state index contributed by atoms with van der Waals surface area (Å²) >= 11 is 3.53. The zero-order chi connectivity index (χ0) is 11.5. The van der Waals surface area contributed by atoms with E-state index >= 15 is 0 Å². The Morgan fingerprint density at radius 3 is 3.06 bits per heavy atom. The molecule has 0 saturated heterocycles. The maximum Gasteiger partial charge on any atom is 0.125 e. The van der Waals surface area contributed by atoms with Crippen LogP contribution < -0.4 is 4.74 Å². The Morgan fingerprint density at radius 2 is 2.31 bits per heavy atom. The van der Waals surface area contributed by atoms with Gasteiger partial charge in [0.25, 0.3) is 0 Å². The van der Waals surface area contributed by atoms with E-state index in [0.717, 1.165) is 42.5 Å². The average Bonchev–Trinajstić information content (AvgIpc) is 2.64. The lowest BCUT2D eigenvalue weighted by atomic mass is 10.0. The van der Waals surface area contributed by atoms with Crippen molar-refractivity contribution in [2.45, 2.75) is 38.7 Å². The lowest BCUT2D eigenvalue weighted by Crippen LogP contribution is -2.00. The van der Waals surface area contributed by atoms with Crippen molar-refractivity contribution in [2.24, 2.45) is 0 Å². The summed E-state index contributed by atoms with van der Waals surface area (Å²) in [7, 11) is 0. The number of benzene rings is 1. The number of aryl methyl sites for hydroxylation is 1. The zero-order valence-corrected chi connectivity index (χ0v) is 11.1. The quantitative estimate of drug-likeness (QED) is 0.921. The van der Waals surface area contributed by atoms with Crippen molar-refractivity contribution in [3.05, 3.63) is 27.7 Å². The van der Waals surface area contributed by atoms with Crippen LogP contribution in [0.15, 0.2) is 16.6 Å². The maximum absolute atomic E-state index is 9.24. The standard InChI is InChI=1S/C13H17BrO2/c1-9(15)3-2-4-10-7-12(14)8-11-5-6-16-13(10)11/h7-9,15H,2-6H2,1H3. The molecule has 1 heterocycles. The molecule has 0 aromatic heterocycles. The van der Waals surface area contributed by atoms with E-state index in [-0.39, 0.29) is 6.10 Å². The number of hydrogen-bond donors (Lipinski definition) is 1. The molecule has 88 valence electrons. The fourth-order valence-electron chi connectivity index (χ4n) is 2.12. The molecule has 1 N–H and O–H groups in total. The summed E-state index contributed by atoms with van der Waals surface area (Å²) in [4.78, 5) is 0. The van der Waals surface area contributed by atoms with Crippen LogP contribution in [0.25, 0.3) is 0 Å². The van der Waals surface area contributed by atoms with Crippen molar-refractivity contribution < 1.29 is 9.84 Å². The van der Waals surface area contributed by atoms with Gasteiger partial charge in [-0.05, 0) is 49.4 Å². The molecule has 1 aromatic rings. The van der Waals surface area contributed by atoms with Gasteiger partial charge in [-0.2, -0.15) is 0 Å². The van der Waals surface area contributed by atoms with Gasteiger partial charge in [0.05, 0.1) is 12.7 Å². The first-order valence-corrected chi connectivity index (χ1v) is 6.58. The van der Waals surface area contributed by atoms with Crippen molar-refractivity contribution >= 4 is 15.9 Å². The molecule has 16 heavy (non-hydrogen) atoms. The predicted molar refractivity (Wildman–Crippen MR) is 68.0 cm³/mol. The van der Waals surface area contributed by atoms with Crippen LogP contribution in [0.2, 0.25) is 0 Å². The highest BCUT2D eigenvalue weighted by molar-refractivity contribution is 9.10. The molecule has 1 aromatic carbocycles. The van der Waals surface area contributed by atoms with Crippen LogP contribution in [0.5, 0.6) is 5.75 Å². The first-order chi connectivity index (χ1) is 7.66. The molecule has 1 aliphatic heterocycles. The Bertz CT molecular complexity index is 374. The molecule has 1 aliphatic rings.